The fourth-order valence-corrected chi connectivity index (χ4v) is 5.73. The van der Waals surface area contributed by atoms with Crippen molar-refractivity contribution in [2.45, 2.75) is 117 Å². The van der Waals surface area contributed by atoms with Gasteiger partial charge in [0.25, 0.3) is 0 Å². The van der Waals surface area contributed by atoms with Gasteiger partial charge in [-0.15, -0.1) is 0 Å². The maximum Gasteiger partial charge on any atom is 0.139 e. The molecule has 3 unspecified atom stereocenters. The van der Waals surface area contributed by atoms with E-state index in [1.54, 1.807) is 18.2 Å². The summed E-state index contributed by atoms with van der Waals surface area (Å²) in [5.41, 5.74) is 4.98. The Morgan fingerprint density at radius 3 is 0.844 bits per heavy atom. The average molecular weight is 610 g/mol. The summed E-state index contributed by atoms with van der Waals surface area (Å²) in [4.78, 5) is 15.2. The van der Waals surface area contributed by atoms with Crippen LogP contribution in [0.15, 0.2) is 54.6 Å². The summed E-state index contributed by atoms with van der Waals surface area (Å²) in [7, 11) is 0. The minimum Gasteiger partial charge on any atom is -0.508 e. The number of rotatable bonds is 6. The van der Waals surface area contributed by atoms with Crippen molar-refractivity contribution in [2.24, 2.45) is 0 Å². The molecular formula is C39H51N3O3. The van der Waals surface area contributed by atoms with E-state index in [2.05, 4.69) is 101 Å². The third kappa shape index (κ3) is 7.32. The van der Waals surface area contributed by atoms with E-state index in [1.807, 2.05) is 18.2 Å². The second-order valence-electron chi connectivity index (χ2n) is 15.7. The zero-order chi connectivity index (χ0) is 33.6. The molecule has 1 heterocycles. The Labute approximate surface area is 269 Å². The molecular weight excluding hydrogens is 558 g/mol. The van der Waals surface area contributed by atoms with Crippen molar-refractivity contribution in [1.29, 1.82) is 0 Å². The molecule has 0 aliphatic rings. The normalized spacial score (nSPS) is 14.7. The molecule has 0 spiro atoms. The second-order valence-corrected chi connectivity index (χ2v) is 15.7. The van der Waals surface area contributed by atoms with Crippen molar-refractivity contribution >= 4 is 0 Å². The summed E-state index contributed by atoms with van der Waals surface area (Å²) < 4.78 is 0. The van der Waals surface area contributed by atoms with Crippen molar-refractivity contribution in [3.63, 3.8) is 0 Å². The van der Waals surface area contributed by atoms with Crippen LogP contribution in [0, 0.1) is 0 Å². The predicted molar refractivity (Wildman–Crippen MR) is 183 cm³/mol. The first-order valence-corrected chi connectivity index (χ1v) is 15.9. The minimum atomic E-state index is -0.231. The molecule has 0 radical (unpaired) electrons. The topological polar surface area (TPSA) is 99.4 Å². The molecule has 0 aliphatic carbocycles. The Morgan fingerprint density at radius 2 is 0.644 bits per heavy atom. The first kappa shape index (κ1) is 34.0. The zero-order valence-electron chi connectivity index (χ0n) is 29.1. The van der Waals surface area contributed by atoms with Gasteiger partial charge in [0.15, 0.2) is 0 Å². The van der Waals surface area contributed by atoms with Gasteiger partial charge in [0.2, 0.25) is 0 Å². The summed E-state index contributed by atoms with van der Waals surface area (Å²) in [6.45, 7) is 25.1. The van der Waals surface area contributed by atoms with Gasteiger partial charge in [-0.05, 0) is 67.8 Å². The van der Waals surface area contributed by atoms with Crippen LogP contribution in [0.1, 0.15) is 152 Å². The molecule has 3 N–H and O–H groups in total. The van der Waals surface area contributed by atoms with E-state index in [9.17, 15) is 15.3 Å². The SMILES string of the molecule is CC(c1ccc(O)c(C(C)(C)C)c1)c1nc(C(C)c2ccc(O)c(C(C)(C)C)c2)nc(C(C)c2ccc(O)c(C(C)(C)C)c2)n1. The van der Waals surface area contributed by atoms with Gasteiger partial charge in [-0.3, -0.25) is 0 Å². The smallest absolute Gasteiger partial charge is 0.139 e. The lowest BCUT2D eigenvalue weighted by Crippen LogP contribution is -2.17. The summed E-state index contributed by atoms with van der Waals surface area (Å²) in [5, 5.41) is 31.9. The van der Waals surface area contributed by atoms with Crippen LogP contribution in [0.5, 0.6) is 17.2 Å². The lowest BCUT2D eigenvalue weighted by Gasteiger charge is -2.25. The Kier molecular flexibility index (Phi) is 9.14. The molecule has 3 atom stereocenters. The van der Waals surface area contributed by atoms with Gasteiger partial charge in [-0.1, -0.05) is 119 Å². The second kappa shape index (κ2) is 12.1. The molecule has 0 bridgehead atoms. The molecule has 4 rings (SSSR count). The molecule has 45 heavy (non-hydrogen) atoms. The lowest BCUT2D eigenvalue weighted by atomic mass is 9.83. The van der Waals surface area contributed by atoms with E-state index in [0.717, 1.165) is 33.4 Å². The number of phenols is 3. The highest BCUT2D eigenvalue weighted by Gasteiger charge is 2.27. The number of phenolic OH excluding ortho intramolecular Hbond substituents is 3. The molecule has 0 fully saturated rings. The van der Waals surface area contributed by atoms with Crippen LogP contribution in [0.4, 0.5) is 0 Å². The van der Waals surface area contributed by atoms with Crippen molar-refractivity contribution in [2.75, 3.05) is 0 Å². The Hall–Kier alpha value is -3.93. The van der Waals surface area contributed by atoms with Crippen LogP contribution in [-0.4, -0.2) is 30.3 Å². The molecule has 1 aromatic heterocycles. The lowest BCUT2D eigenvalue weighted by molar-refractivity contribution is 0.445. The van der Waals surface area contributed by atoms with Crippen molar-refractivity contribution in [3.8, 4) is 17.2 Å². The molecule has 0 saturated carbocycles. The molecule has 4 aromatic rings. The van der Waals surface area contributed by atoms with Crippen LogP contribution in [0.3, 0.4) is 0 Å². The first-order chi connectivity index (χ1) is 20.7. The Bertz CT molecular complexity index is 1480. The summed E-state index contributed by atoms with van der Waals surface area (Å²) in [6.07, 6.45) is 0. The summed E-state index contributed by atoms with van der Waals surface area (Å²) >= 11 is 0. The molecule has 0 saturated heterocycles. The number of hydrogen-bond donors (Lipinski definition) is 3. The van der Waals surface area contributed by atoms with Gasteiger partial charge in [-0.25, -0.2) is 15.0 Å². The van der Waals surface area contributed by atoms with E-state index in [0.29, 0.717) is 17.5 Å². The molecule has 3 aromatic carbocycles. The average Bonchev–Trinajstić information content (AvgIpc) is 2.94. The molecule has 0 amide bonds. The number of hydrogen-bond acceptors (Lipinski definition) is 6. The van der Waals surface area contributed by atoms with E-state index in [-0.39, 0.29) is 51.2 Å². The Morgan fingerprint density at radius 1 is 0.422 bits per heavy atom. The number of benzene rings is 3. The monoisotopic (exact) mass is 609 g/mol. The van der Waals surface area contributed by atoms with Crippen molar-refractivity contribution in [1.82, 2.24) is 15.0 Å². The van der Waals surface area contributed by atoms with Gasteiger partial charge >= 0.3 is 0 Å². The van der Waals surface area contributed by atoms with Gasteiger partial charge in [0.05, 0.1) is 0 Å². The summed E-state index contributed by atoms with van der Waals surface area (Å²) in [5.74, 6) is 2.31. The number of nitrogens with zero attached hydrogens (tertiary/aromatic N) is 3. The van der Waals surface area contributed by atoms with E-state index >= 15 is 0 Å². The van der Waals surface area contributed by atoms with Crippen LogP contribution >= 0.6 is 0 Å². The predicted octanol–water partition coefficient (Wildman–Crippen LogP) is 9.34. The summed E-state index contributed by atoms with van der Waals surface area (Å²) in [6, 6.07) is 17.3. The molecule has 240 valence electrons. The zero-order valence-corrected chi connectivity index (χ0v) is 29.1. The minimum absolute atomic E-state index is 0.165. The fraction of sp³-hybridized carbons (Fsp3) is 0.462. The molecule has 6 nitrogen and oxygen atoms in total. The van der Waals surface area contributed by atoms with Crippen LogP contribution in [-0.2, 0) is 16.2 Å². The van der Waals surface area contributed by atoms with Crippen LogP contribution < -0.4 is 0 Å². The van der Waals surface area contributed by atoms with Gasteiger partial charge < -0.3 is 15.3 Å². The van der Waals surface area contributed by atoms with Gasteiger partial charge in [0, 0.05) is 17.8 Å². The highest BCUT2D eigenvalue weighted by molar-refractivity contribution is 5.45. The third-order valence-electron chi connectivity index (χ3n) is 8.84. The van der Waals surface area contributed by atoms with Gasteiger partial charge in [-0.2, -0.15) is 0 Å². The van der Waals surface area contributed by atoms with Crippen LogP contribution in [0.2, 0.25) is 0 Å². The Balaban J connectivity index is 1.89. The number of aromatic hydroxyl groups is 3. The number of aromatic nitrogens is 3. The van der Waals surface area contributed by atoms with Crippen LogP contribution in [0.25, 0.3) is 0 Å². The maximum atomic E-state index is 10.6. The first-order valence-electron chi connectivity index (χ1n) is 15.9. The van der Waals surface area contributed by atoms with Crippen molar-refractivity contribution in [3.05, 3.63) is 105 Å². The largest absolute Gasteiger partial charge is 0.508 e. The molecule has 0 aliphatic heterocycles. The van der Waals surface area contributed by atoms with E-state index in [1.165, 1.54) is 0 Å². The van der Waals surface area contributed by atoms with Crippen molar-refractivity contribution < 1.29 is 15.3 Å². The standard InChI is InChI=1S/C39H51N3O3/c1-22(25-13-16-31(43)28(19-25)37(4,5)6)34-40-35(23(2)26-14-17-32(44)29(20-26)38(7,8)9)42-36(41-34)24(3)27-15-18-33(45)30(21-27)39(10,11)12/h13-24,43-45H,1-12H3. The fourth-order valence-electron chi connectivity index (χ4n) is 5.73. The quantitative estimate of drug-likeness (QED) is 0.201. The van der Waals surface area contributed by atoms with Gasteiger partial charge in [0.1, 0.15) is 34.7 Å². The van der Waals surface area contributed by atoms with E-state index in [4.69, 9.17) is 15.0 Å². The maximum absolute atomic E-state index is 10.6. The molecule has 6 heteroatoms. The highest BCUT2D eigenvalue weighted by Crippen LogP contribution is 2.38. The third-order valence-corrected chi connectivity index (χ3v) is 8.84. The van der Waals surface area contributed by atoms with E-state index < -0.39 is 0 Å². The highest BCUT2D eigenvalue weighted by atomic mass is 16.3.